The van der Waals surface area contributed by atoms with E-state index < -0.39 is 26.4 Å². The Labute approximate surface area is 179 Å². The van der Waals surface area contributed by atoms with Crippen LogP contribution in [0.25, 0.3) is 0 Å². The van der Waals surface area contributed by atoms with Crippen LogP contribution in [0.3, 0.4) is 0 Å². The molecule has 1 heterocycles. The summed E-state index contributed by atoms with van der Waals surface area (Å²) in [5.74, 6) is -4.05. The van der Waals surface area contributed by atoms with Crippen molar-refractivity contribution >= 4 is 33.2 Å². The van der Waals surface area contributed by atoms with Gasteiger partial charge in [0.25, 0.3) is 0 Å². The number of hydrogen-bond donors (Lipinski definition) is 1. The normalized spacial score (nSPS) is 15.5. The van der Waals surface area contributed by atoms with E-state index in [0.717, 1.165) is 35.5 Å². The molecular formula is C20H25F2N3O3S2. The van der Waals surface area contributed by atoms with Crippen molar-refractivity contribution in [2.45, 2.75) is 67.8 Å². The van der Waals surface area contributed by atoms with E-state index in [2.05, 4.69) is 14.9 Å². The zero-order chi connectivity index (χ0) is 21.9. The molecule has 0 aliphatic heterocycles. The number of aromatic nitrogens is 2. The Morgan fingerprint density at radius 2 is 1.90 bits per heavy atom. The van der Waals surface area contributed by atoms with Crippen molar-refractivity contribution in [1.29, 1.82) is 0 Å². The summed E-state index contributed by atoms with van der Waals surface area (Å²) in [4.78, 5) is 16.5. The average molecular weight is 458 g/mol. The molecule has 1 N–H and O–H groups in total. The molecule has 0 spiro atoms. The Balaban J connectivity index is 1.73. The highest BCUT2D eigenvalue weighted by Crippen LogP contribution is 2.34. The van der Waals surface area contributed by atoms with Gasteiger partial charge in [0.1, 0.15) is 0 Å². The van der Waals surface area contributed by atoms with Crippen molar-refractivity contribution in [2.75, 3.05) is 11.1 Å². The number of imidazole rings is 1. The van der Waals surface area contributed by atoms with E-state index in [1.165, 1.54) is 49.2 Å². The smallest absolute Gasteiger partial charge is 0.324 e. The Bertz CT molecular complexity index is 1020. The van der Waals surface area contributed by atoms with Crippen LogP contribution in [0.4, 0.5) is 14.5 Å². The quantitative estimate of drug-likeness (QED) is 0.608. The molecule has 164 valence electrons. The predicted molar refractivity (Wildman–Crippen MR) is 113 cm³/mol. The maximum atomic E-state index is 12.9. The predicted octanol–water partition coefficient (Wildman–Crippen LogP) is 4.73. The van der Waals surface area contributed by atoms with Crippen LogP contribution in [0.5, 0.6) is 0 Å². The van der Waals surface area contributed by atoms with Crippen LogP contribution >= 0.6 is 11.8 Å². The van der Waals surface area contributed by atoms with Crippen molar-refractivity contribution in [3.05, 3.63) is 35.7 Å². The Morgan fingerprint density at radius 1 is 1.23 bits per heavy atom. The lowest BCUT2D eigenvalue weighted by Gasteiger charge is -2.26. The molecule has 3 rings (SSSR count). The summed E-state index contributed by atoms with van der Waals surface area (Å²) in [6, 6.07) is 5.55. The van der Waals surface area contributed by atoms with Gasteiger partial charge in [-0.1, -0.05) is 43.2 Å². The Morgan fingerprint density at radius 3 is 2.57 bits per heavy atom. The van der Waals surface area contributed by atoms with Gasteiger partial charge < -0.3 is 9.88 Å². The van der Waals surface area contributed by atoms with Gasteiger partial charge in [-0.2, -0.15) is 8.78 Å². The minimum Gasteiger partial charge on any atom is -0.324 e. The molecule has 0 bridgehead atoms. The molecule has 6 nitrogen and oxygen atoms in total. The van der Waals surface area contributed by atoms with E-state index in [0.29, 0.717) is 6.04 Å². The molecule has 1 aromatic carbocycles. The monoisotopic (exact) mass is 457 g/mol. The molecule has 0 saturated heterocycles. The van der Waals surface area contributed by atoms with Crippen LogP contribution in [0.15, 0.2) is 34.3 Å². The number of sulfone groups is 1. The number of thioether (sulfide) groups is 1. The number of aryl methyl sites for hydroxylation is 1. The van der Waals surface area contributed by atoms with Gasteiger partial charge in [0.05, 0.1) is 22.0 Å². The average Bonchev–Trinajstić information content (AvgIpc) is 3.01. The van der Waals surface area contributed by atoms with Crippen LogP contribution in [0, 0.1) is 13.8 Å². The molecular weight excluding hydrogens is 432 g/mol. The third-order valence-electron chi connectivity index (χ3n) is 5.33. The Kier molecular flexibility index (Phi) is 7.18. The minimum atomic E-state index is -4.82. The van der Waals surface area contributed by atoms with Crippen molar-refractivity contribution < 1.29 is 22.0 Å². The fourth-order valence-electron chi connectivity index (χ4n) is 3.70. The molecule has 1 aliphatic carbocycles. The summed E-state index contributed by atoms with van der Waals surface area (Å²) in [7, 11) is -4.82. The minimum absolute atomic E-state index is 0.00826. The fourth-order valence-corrected chi connectivity index (χ4v) is 5.54. The number of benzene rings is 1. The van der Waals surface area contributed by atoms with Gasteiger partial charge >= 0.3 is 5.76 Å². The Hall–Kier alpha value is -1.94. The van der Waals surface area contributed by atoms with Crippen LogP contribution in [0.2, 0.25) is 0 Å². The molecule has 1 aromatic heterocycles. The molecule has 10 heteroatoms. The number of carbonyl (C=O) groups excluding carboxylic acids is 1. The lowest BCUT2D eigenvalue weighted by atomic mass is 9.95. The number of amides is 1. The highest BCUT2D eigenvalue weighted by Gasteiger charge is 2.29. The third kappa shape index (κ3) is 4.85. The SMILES string of the molecule is Cc1nc(SCC(=O)Nc2ccccc2S(=O)(=O)C(F)F)n(C2CCCCC2)c1C. The summed E-state index contributed by atoms with van der Waals surface area (Å²) in [5, 5.41) is 3.20. The van der Waals surface area contributed by atoms with Crippen LogP contribution < -0.4 is 5.32 Å². The van der Waals surface area contributed by atoms with E-state index in [4.69, 9.17) is 0 Å². The van der Waals surface area contributed by atoms with Crippen LogP contribution in [-0.2, 0) is 14.6 Å². The number of alkyl halides is 2. The number of para-hydroxylation sites is 1. The second-order valence-corrected chi connectivity index (χ2v) is 10.2. The van der Waals surface area contributed by atoms with Gasteiger partial charge in [0.15, 0.2) is 5.16 Å². The second kappa shape index (κ2) is 9.47. The molecule has 2 aromatic rings. The number of rotatable bonds is 7. The first-order chi connectivity index (χ1) is 14.2. The standard InChI is InChI=1S/C20H25F2N3O3S2/c1-13-14(2)25(15-8-4-3-5-9-15)20(23-13)29-12-18(26)24-16-10-6-7-11-17(16)30(27,28)19(21)22/h6-7,10-11,15,19H,3-5,8-9,12H2,1-2H3,(H,24,26). The number of carbonyl (C=O) groups is 1. The molecule has 1 saturated carbocycles. The highest BCUT2D eigenvalue weighted by atomic mass is 32.2. The largest absolute Gasteiger partial charge is 0.341 e. The molecule has 1 amide bonds. The number of halogens is 2. The third-order valence-corrected chi connectivity index (χ3v) is 7.72. The van der Waals surface area contributed by atoms with Gasteiger partial charge in [0, 0.05) is 11.7 Å². The van der Waals surface area contributed by atoms with Gasteiger partial charge in [-0.05, 0) is 38.8 Å². The maximum Gasteiger partial charge on any atom is 0.341 e. The number of anilines is 1. The summed E-state index contributed by atoms with van der Waals surface area (Å²) >= 11 is 1.26. The van der Waals surface area contributed by atoms with E-state index in [1.54, 1.807) is 0 Å². The second-order valence-electron chi connectivity index (χ2n) is 7.37. The lowest BCUT2D eigenvalue weighted by Crippen LogP contribution is -2.20. The van der Waals surface area contributed by atoms with Gasteiger partial charge in [-0.25, -0.2) is 13.4 Å². The van der Waals surface area contributed by atoms with E-state index in [-0.39, 0.29) is 11.4 Å². The first-order valence-electron chi connectivity index (χ1n) is 9.81. The lowest BCUT2D eigenvalue weighted by molar-refractivity contribution is -0.113. The summed E-state index contributed by atoms with van der Waals surface area (Å²) < 4.78 is 51.8. The number of nitrogens with zero attached hydrogens (tertiary/aromatic N) is 2. The molecule has 0 atom stereocenters. The van der Waals surface area contributed by atoms with E-state index >= 15 is 0 Å². The maximum absolute atomic E-state index is 12.9. The number of nitrogens with one attached hydrogen (secondary N) is 1. The van der Waals surface area contributed by atoms with Gasteiger partial charge in [-0.15, -0.1) is 0 Å². The van der Waals surface area contributed by atoms with Crippen LogP contribution in [-0.4, -0.2) is 35.4 Å². The van der Waals surface area contributed by atoms with Crippen molar-refractivity contribution in [1.82, 2.24) is 9.55 Å². The summed E-state index contributed by atoms with van der Waals surface area (Å²) in [6.07, 6.45) is 5.72. The molecule has 0 unspecified atom stereocenters. The summed E-state index contributed by atoms with van der Waals surface area (Å²) in [6.45, 7) is 3.96. The first kappa shape index (κ1) is 22.7. The zero-order valence-electron chi connectivity index (χ0n) is 16.9. The van der Waals surface area contributed by atoms with E-state index in [9.17, 15) is 22.0 Å². The first-order valence-corrected chi connectivity index (χ1v) is 12.3. The molecule has 30 heavy (non-hydrogen) atoms. The van der Waals surface area contributed by atoms with Gasteiger partial charge in [-0.3, -0.25) is 4.79 Å². The highest BCUT2D eigenvalue weighted by molar-refractivity contribution is 7.99. The molecule has 1 fully saturated rings. The van der Waals surface area contributed by atoms with Crippen molar-refractivity contribution in [3.8, 4) is 0 Å². The number of hydrogen-bond acceptors (Lipinski definition) is 5. The van der Waals surface area contributed by atoms with Crippen molar-refractivity contribution in [3.63, 3.8) is 0 Å². The summed E-state index contributed by atoms with van der Waals surface area (Å²) in [5.41, 5.74) is 1.85. The van der Waals surface area contributed by atoms with Crippen LogP contribution in [0.1, 0.15) is 49.5 Å². The fraction of sp³-hybridized carbons (Fsp3) is 0.500. The van der Waals surface area contributed by atoms with E-state index in [1.807, 2.05) is 13.8 Å². The topological polar surface area (TPSA) is 81.1 Å². The molecule has 0 radical (unpaired) electrons. The zero-order valence-corrected chi connectivity index (χ0v) is 18.5. The van der Waals surface area contributed by atoms with Crippen molar-refractivity contribution in [2.24, 2.45) is 0 Å². The van der Waals surface area contributed by atoms with Gasteiger partial charge in [0.2, 0.25) is 15.7 Å². The molecule has 1 aliphatic rings.